The molecule has 0 unspecified atom stereocenters. The van der Waals surface area contributed by atoms with Crippen molar-refractivity contribution < 1.29 is 12.8 Å². The van der Waals surface area contributed by atoms with Crippen molar-refractivity contribution in [2.24, 2.45) is 10.9 Å². The first-order valence-electron chi connectivity index (χ1n) is 8.18. The van der Waals surface area contributed by atoms with Gasteiger partial charge in [0.15, 0.2) is 15.8 Å². The van der Waals surface area contributed by atoms with Crippen LogP contribution in [0.3, 0.4) is 0 Å². The third-order valence-electron chi connectivity index (χ3n) is 3.35. The molecule has 0 aliphatic carbocycles. The quantitative estimate of drug-likeness (QED) is 0.338. The molecule has 5 nitrogen and oxygen atoms in total. The molecule has 0 spiro atoms. The summed E-state index contributed by atoms with van der Waals surface area (Å²) in [7, 11) is -3.19. The SMILES string of the molecule is CCNC(=NCc1cc(F)ccc1CS(C)(=O)=O)NCCC(C)C.I. The Hall–Kier alpha value is -0.900. The summed E-state index contributed by atoms with van der Waals surface area (Å²) in [5, 5.41) is 6.37. The fourth-order valence-electron chi connectivity index (χ4n) is 2.15. The Labute approximate surface area is 167 Å². The summed E-state index contributed by atoms with van der Waals surface area (Å²) in [6.07, 6.45) is 2.19. The Morgan fingerprint density at radius 2 is 1.92 bits per heavy atom. The van der Waals surface area contributed by atoms with Crippen LogP contribution in [0, 0.1) is 11.7 Å². The molecular weight excluding hydrogens is 456 g/mol. The first-order chi connectivity index (χ1) is 11.2. The van der Waals surface area contributed by atoms with Gasteiger partial charge in [0.25, 0.3) is 0 Å². The third kappa shape index (κ3) is 10.6. The largest absolute Gasteiger partial charge is 0.357 e. The van der Waals surface area contributed by atoms with Crippen LogP contribution >= 0.6 is 24.0 Å². The van der Waals surface area contributed by atoms with E-state index >= 15 is 0 Å². The number of nitrogens with zero attached hydrogens (tertiary/aromatic N) is 1. The van der Waals surface area contributed by atoms with Gasteiger partial charge in [-0.15, -0.1) is 24.0 Å². The Bertz CT molecular complexity index is 664. The van der Waals surface area contributed by atoms with Crippen LogP contribution in [0.25, 0.3) is 0 Å². The summed E-state index contributed by atoms with van der Waals surface area (Å²) in [6.45, 7) is 8.00. The molecule has 0 bridgehead atoms. The fraction of sp³-hybridized carbons (Fsp3) is 0.588. The Morgan fingerprint density at radius 3 is 2.48 bits per heavy atom. The van der Waals surface area contributed by atoms with Gasteiger partial charge in [-0.05, 0) is 42.5 Å². The second kappa shape index (κ2) is 11.7. The van der Waals surface area contributed by atoms with Gasteiger partial charge in [-0.1, -0.05) is 19.9 Å². The van der Waals surface area contributed by atoms with Gasteiger partial charge in [0.2, 0.25) is 0 Å². The molecule has 0 heterocycles. The van der Waals surface area contributed by atoms with Crippen LogP contribution in [0.5, 0.6) is 0 Å². The standard InChI is InChI=1S/C17H28FN3O2S.HI/c1-5-19-17(20-9-8-13(2)3)21-11-15-10-16(18)7-6-14(15)12-24(4,22)23;/h6-7,10,13H,5,8-9,11-12H2,1-4H3,(H2,19,20,21);1H. The molecule has 0 saturated carbocycles. The van der Waals surface area contributed by atoms with Gasteiger partial charge in [-0.3, -0.25) is 0 Å². The maximum atomic E-state index is 13.5. The summed E-state index contributed by atoms with van der Waals surface area (Å²) < 4.78 is 36.6. The highest BCUT2D eigenvalue weighted by Gasteiger charge is 2.10. The molecule has 0 radical (unpaired) electrons. The number of benzene rings is 1. The summed E-state index contributed by atoms with van der Waals surface area (Å²) in [4.78, 5) is 4.45. The molecule has 0 aromatic heterocycles. The van der Waals surface area contributed by atoms with Gasteiger partial charge in [-0.2, -0.15) is 0 Å². The van der Waals surface area contributed by atoms with E-state index in [1.165, 1.54) is 24.5 Å². The van der Waals surface area contributed by atoms with Crippen LogP contribution in [0.4, 0.5) is 4.39 Å². The van der Waals surface area contributed by atoms with E-state index < -0.39 is 15.7 Å². The van der Waals surface area contributed by atoms with Crippen molar-refractivity contribution in [2.45, 2.75) is 39.5 Å². The van der Waals surface area contributed by atoms with E-state index in [-0.39, 0.29) is 36.3 Å². The number of nitrogens with one attached hydrogen (secondary N) is 2. The van der Waals surface area contributed by atoms with Gasteiger partial charge >= 0.3 is 0 Å². The molecule has 0 atom stereocenters. The molecular formula is C17H29FIN3O2S. The van der Waals surface area contributed by atoms with Gasteiger partial charge < -0.3 is 10.6 Å². The lowest BCUT2D eigenvalue weighted by Crippen LogP contribution is -2.38. The van der Waals surface area contributed by atoms with Crippen molar-refractivity contribution in [2.75, 3.05) is 19.3 Å². The number of rotatable bonds is 8. The first-order valence-corrected chi connectivity index (χ1v) is 10.2. The number of hydrogen-bond donors (Lipinski definition) is 2. The Kier molecular flexibility index (Phi) is 11.2. The maximum Gasteiger partial charge on any atom is 0.191 e. The van der Waals surface area contributed by atoms with Gasteiger partial charge in [0, 0.05) is 19.3 Å². The smallest absolute Gasteiger partial charge is 0.191 e. The second-order valence-electron chi connectivity index (χ2n) is 6.29. The zero-order valence-electron chi connectivity index (χ0n) is 15.3. The lowest BCUT2D eigenvalue weighted by atomic mass is 10.1. The van der Waals surface area contributed by atoms with E-state index in [1.807, 2.05) is 6.92 Å². The van der Waals surface area contributed by atoms with E-state index in [0.29, 0.717) is 29.5 Å². The minimum atomic E-state index is -3.19. The maximum absolute atomic E-state index is 13.5. The number of hydrogen-bond acceptors (Lipinski definition) is 3. The van der Waals surface area contributed by atoms with Gasteiger partial charge in [0.1, 0.15) is 5.82 Å². The average molecular weight is 485 g/mol. The topological polar surface area (TPSA) is 70.6 Å². The fourth-order valence-corrected chi connectivity index (χ4v) is 3.00. The summed E-state index contributed by atoms with van der Waals surface area (Å²) >= 11 is 0. The van der Waals surface area contributed by atoms with Crippen LogP contribution in [0.1, 0.15) is 38.3 Å². The molecule has 0 amide bonds. The molecule has 0 fully saturated rings. The van der Waals surface area contributed by atoms with Crippen molar-refractivity contribution in [3.05, 3.63) is 35.1 Å². The number of sulfone groups is 1. The minimum Gasteiger partial charge on any atom is -0.357 e. The van der Waals surface area contributed by atoms with Crippen LogP contribution in [0.2, 0.25) is 0 Å². The van der Waals surface area contributed by atoms with Gasteiger partial charge in [-0.25, -0.2) is 17.8 Å². The molecule has 1 aromatic rings. The minimum absolute atomic E-state index is 0. The first kappa shape index (κ1) is 24.1. The highest BCUT2D eigenvalue weighted by atomic mass is 127. The number of halogens is 2. The van der Waals surface area contributed by atoms with E-state index in [1.54, 1.807) is 0 Å². The molecule has 0 aliphatic heterocycles. The molecule has 144 valence electrons. The molecule has 1 aromatic carbocycles. The molecule has 8 heteroatoms. The van der Waals surface area contributed by atoms with Crippen LogP contribution in [0.15, 0.2) is 23.2 Å². The van der Waals surface area contributed by atoms with Gasteiger partial charge in [0.05, 0.1) is 12.3 Å². The average Bonchev–Trinajstić information content (AvgIpc) is 2.45. The van der Waals surface area contributed by atoms with E-state index in [4.69, 9.17) is 0 Å². The van der Waals surface area contributed by atoms with E-state index in [0.717, 1.165) is 13.0 Å². The van der Waals surface area contributed by atoms with E-state index in [2.05, 4.69) is 29.5 Å². The van der Waals surface area contributed by atoms with E-state index in [9.17, 15) is 12.8 Å². The second-order valence-corrected chi connectivity index (χ2v) is 8.43. The molecule has 1 rings (SSSR count). The zero-order chi connectivity index (χ0) is 18.2. The number of guanidine groups is 1. The lowest BCUT2D eigenvalue weighted by molar-refractivity contribution is 0.573. The van der Waals surface area contributed by atoms with Crippen molar-refractivity contribution in [1.82, 2.24) is 10.6 Å². The van der Waals surface area contributed by atoms with Crippen LogP contribution < -0.4 is 10.6 Å². The highest BCUT2D eigenvalue weighted by Crippen LogP contribution is 2.15. The Morgan fingerprint density at radius 1 is 1.24 bits per heavy atom. The van der Waals surface area contributed by atoms with Crippen molar-refractivity contribution in [3.63, 3.8) is 0 Å². The van der Waals surface area contributed by atoms with Crippen molar-refractivity contribution in [1.29, 1.82) is 0 Å². The molecule has 0 aliphatic rings. The zero-order valence-corrected chi connectivity index (χ0v) is 18.4. The highest BCUT2D eigenvalue weighted by molar-refractivity contribution is 14.0. The predicted octanol–water partition coefficient (Wildman–Crippen LogP) is 3.09. The summed E-state index contributed by atoms with van der Waals surface area (Å²) in [5.41, 5.74) is 1.17. The molecule has 25 heavy (non-hydrogen) atoms. The Balaban J connectivity index is 0.00000576. The summed E-state index contributed by atoms with van der Waals surface area (Å²) in [6, 6.07) is 4.14. The van der Waals surface area contributed by atoms with Crippen LogP contribution in [-0.4, -0.2) is 33.7 Å². The third-order valence-corrected chi connectivity index (χ3v) is 4.19. The van der Waals surface area contributed by atoms with Crippen molar-refractivity contribution in [3.8, 4) is 0 Å². The lowest BCUT2D eigenvalue weighted by Gasteiger charge is -2.13. The molecule has 0 saturated heterocycles. The molecule has 2 N–H and O–H groups in total. The number of aliphatic imine (C=N–C) groups is 1. The predicted molar refractivity (Wildman–Crippen MR) is 113 cm³/mol. The van der Waals surface area contributed by atoms with Crippen molar-refractivity contribution >= 4 is 39.8 Å². The monoisotopic (exact) mass is 485 g/mol. The normalized spacial score (nSPS) is 12.0. The summed E-state index contributed by atoms with van der Waals surface area (Å²) in [5.74, 6) is 0.725. The van der Waals surface area contributed by atoms with Crippen LogP contribution in [-0.2, 0) is 22.1 Å².